The number of unbranched alkanes of at least 4 members (excludes halogenated alkanes) is 43. The van der Waals surface area contributed by atoms with E-state index in [4.69, 9.17) is 4.74 Å². The molecule has 6 heteroatoms. The molecule has 1 amide bonds. The topological polar surface area (TPSA) is 95.9 Å². The van der Waals surface area contributed by atoms with Gasteiger partial charge in [-0.1, -0.05) is 290 Å². The molecule has 0 aliphatic rings. The number of ether oxygens (including phenoxy) is 1. The Kier molecular flexibility index (Phi) is 52.5. The molecule has 0 saturated carbocycles. The van der Waals surface area contributed by atoms with Gasteiger partial charge in [0.15, 0.2) is 0 Å². The standard InChI is InChI=1S/C57H113NO5/c1-3-5-7-9-11-13-15-17-18-19-20-21-22-23-24-26-29-33-37-41-45-49-55(60)54(53-59)58-56(61)50-46-42-38-34-30-27-28-32-36-40-44-48-52-63-57(62)51-47-43-39-35-31-25-16-14-12-10-8-6-4-2/h54-55,59-60H,3-53H2,1-2H3,(H,58,61). The van der Waals surface area contributed by atoms with E-state index in [0.29, 0.717) is 25.9 Å². The minimum Gasteiger partial charge on any atom is -0.466 e. The second-order valence-electron chi connectivity index (χ2n) is 20.0. The second kappa shape index (κ2) is 53.5. The molecule has 2 unspecified atom stereocenters. The first-order valence-electron chi connectivity index (χ1n) is 28.8. The van der Waals surface area contributed by atoms with Gasteiger partial charge in [0.1, 0.15) is 0 Å². The zero-order chi connectivity index (χ0) is 45.8. The van der Waals surface area contributed by atoms with E-state index in [0.717, 1.165) is 57.8 Å². The predicted molar refractivity (Wildman–Crippen MR) is 274 cm³/mol. The van der Waals surface area contributed by atoms with Crippen LogP contribution in [0.4, 0.5) is 0 Å². The summed E-state index contributed by atoms with van der Waals surface area (Å²) in [5.41, 5.74) is 0. The van der Waals surface area contributed by atoms with Crippen LogP contribution in [0.5, 0.6) is 0 Å². The van der Waals surface area contributed by atoms with Crippen LogP contribution in [-0.2, 0) is 14.3 Å². The fourth-order valence-corrected chi connectivity index (χ4v) is 9.23. The SMILES string of the molecule is CCCCCCCCCCCCCCCCCCCCCCCC(O)C(CO)NC(=O)CCCCCCCCCCCCCCOC(=O)CCCCCCCCCCCCCCC. The van der Waals surface area contributed by atoms with Gasteiger partial charge in [0.05, 0.1) is 25.4 Å². The molecule has 0 heterocycles. The number of aliphatic hydroxyl groups is 2. The van der Waals surface area contributed by atoms with Crippen molar-refractivity contribution in [1.82, 2.24) is 5.32 Å². The smallest absolute Gasteiger partial charge is 0.305 e. The zero-order valence-corrected chi connectivity index (χ0v) is 42.8. The number of nitrogens with one attached hydrogen (secondary N) is 1. The molecular formula is C57H113NO5. The van der Waals surface area contributed by atoms with Crippen molar-refractivity contribution in [2.45, 2.75) is 341 Å². The van der Waals surface area contributed by atoms with Gasteiger partial charge in [0.2, 0.25) is 5.91 Å². The van der Waals surface area contributed by atoms with Gasteiger partial charge in [0, 0.05) is 12.8 Å². The molecule has 0 aliphatic carbocycles. The number of hydrogen-bond acceptors (Lipinski definition) is 5. The summed E-state index contributed by atoms with van der Waals surface area (Å²) in [6.45, 7) is 4.95. The predicted octanol–water partition coefficient (Wildman–Crippen LogP) is 17.5. The molecule has 3 N–H and O–H groups in total. The van der Waals surface area contributed by atoms with E-state index in [1.165, 1.54) is 238 Å². The van der Waals surface area contributed by atoms with Gasteiger partial charge in [-0.25, -0.2) is 0 Å². The maximum Gasteiger partial charge on any atom is 0.305 e. The van der Waals surface area contributed by atoms with Crippen LogP contribution in [0.2, 0.25) is 0 Å². The molecule has 0 aromatic carbocycles. The van der Waals surface area contributed by atoms with E-state index in [9.17, 15) is 19.8 Å². The second-order valence-corrected chi connectivity index (χ2v) is 20.0. The normalized spacial score (nSPS) is 12.5. The summed E-state index contributed by atoms with van der Waals surface area (Å²) < 4.78 is 5.46. The van der Waals surface area contributed by atoms with Crippen LogP contribution in [0.1, 0.15) is 328 Å². The zero-order valence-electron chi connectivity index (χ0n) is 42.8. The van der Waals surface area contributed by atoms with Crippen molar-refractivity contribution in [2.24, 2.45) is 0 Å². The number of aliphatic hydroxyl groups excluding tert-OH is 2. The van der Waals surface area contributed by atoms with E-state index in [1.807, 2.05) is 0 Å². The van der Waals surface area contributed by atoms with Crippen LogP contribution in [0.15, 0.2) is 0 Å². The Bertz CT molecular complexity index is 898. The highest BCUT2D eigenvalue weighted by Gasteiger charge is 2.20. The largest absolute Gasteiger partial charge is 0.466 e. The number of rotatable bonds is 54. The third kappa shape index (κ3) is 50.1. The molecule has 0 aromatic heterocycles. The molecule has 63 heavy (non-hydrogen) atoms. The van der Waals surface area contributed by atoms with Gasteiger partial charge < -0.3 is 20.3 Å². The first-order valence-corrected chi connectivity index (χ1v) is 28.8. The summed E-state index contributed by atoms with van der Waals surface area (Å²) in [6.07, 6.45) is 60.8. The van der Waals surface area contributed by atoms with Crippen LogP contribution in [-0.4, -0.2) is 47.4 Å². The van der Waals surface area contributed by atoms with Gasteiger partial charge in [-0.05, 0) is 25.7 Å². The minimum absolute atomic E-state index is 0.00632. The highest BCUT2D eigenvalue weighted by atomic mass is 16.5. The Morgan fingerprint density at radius 2 is 0.651 bits per heavy atom. The Balaban J connectivity index is 3.44. The van der Waals surface area contributed by atoms with E-state index in [-0.39, 0.29) is 18.5 Å². The summed E-state index contributed by atoms with van der Waals surface area (Å²) >= 11 is 0. The molecular weight excluding hydrogens is 779 g/mol. The molecule has 376 valence electrons. The van der Waals surface area contributed by atoms with Crippen molar-refractivity contribution in [1.29, 1.82) is 0 Å². The van der Waals surface area contributed by atoms with Gasteiger partial charge >= 0.3 is 5.97 Å². The Morgan fingerprint density at radius 3 is 0.968 bits per heavy atom. The maximum atomic E-state index is 12.5. The number of carbonyl (C=O) groups is 2. The van der Waals surface area contributed by atoms with Crippen LogP contribution >= 0.6 is 0 Å². The molecule has 0 radical (unpaired) electrons. The molecule has 0 aromatic rings. The molecule has 0 fully saturated rings. The van der Waals surface area contributed by atoms with Crippen LogP contribution in [0.3, 0.4) is 0 Å². The van der Waals surface area contributed by atoms with Gasteiger partial charge in [0.25, 0.3) is 0 Å². The van der Waals surface area contributed by atoms with Gasteiger partial charge in [-0.15, -0.1) is 0 Å². The summed E-state index contributed by atoms with van der Waals surface area (Å²) in [6, 6.07) is -0.552. The first kappa shape index (κ1) is 61.9. The molecule has 0 spiro atoms. The Morgan fingerprint density at radius 1 is 0.381 bits per heavy atom. The van der Waals surface area contributed by atoms with Crippen molar-refractivity contribution in [3.63, 3.8) is 0 Å². The molecule has 0 aliphatic heterocycles. The van der Waals surface area contributed by atoms with Crippen LogP contribution in [0.25, 0.3) is 0 Å². The van der Waals surface area contributed by atoms with Crippen LogP contribution < -0.4 is 5.32 Å². The van der Waals surface area contributed by atoms with E-state index < -0.39 is 12.1 Å². The maximum absolute atomic E-state index is 12.5. The lowest BCUT2D eigenvalue weighted by Crippen LogP contribution is -2.45. The Labute approximate surface area is 394 Å². The van der Waals surface area contributed by atoms with Gasteiger partial charge in [-0.2, -0.15) is 0 Å². The highest BCUT2D eigenvalue weighted by molar-refractivity contribution is 5.76. The third-order valence-electron chi connectivity index (χ3n) is 13.7. The third-order valence-corrected chi connectivity index (χ3v) is 13.7. The lowest BCUT2D eigenvalue weighted by molar-refractivity contribution is -0.143. The van der Waals surface area contributed by atoms with Crippen molar-refractivity contribution in [2.75, 3.05) is 13.2 Å². The summed E-state index contributed by atoms with van der Waals surface area (Å²) in [5, 5.41) is 23.3. The molecule has 0 bridgehead atoms. The minimum atomic E-state index is -0.674. The summed E-state index contributed by atoms with van der Waals surface area (Å²) in [5.74, 6) is -0.0525. The lowest BCUT2D eigenvalue weighted by atomic mass is 10.0. The van der Waals surface area contributed by atoms with Gasteiger partial charge in [-0.3, -0.25) is 9.59 Å². The summed E-state index contributed by atoms with van der Waals surface area (Å²) in [4.78, 5) is 24.5. The monoisotopic (exact) mass is 892 g/mol. The number of carbonyl (C=O) groups excluding carboxylic acids is 2. The highest BCUT2D eigenvalue weighted by Crippen LogP contribution is 2.18. The number of amides is 1. The first-order chi connectivity index (χ1) is 31.0. The molecule has 0 saturated heterocycles. The van der Waals surface area contributed by atoms with E-state index in [1.54, 1.807) is 0 Å². The number of hydrogen-bond donors (Lipinski definition) is 3. The van der Waals surface area contributed by atoms with Crippen molar-refractivity contribution in [3.05, 3.63) is 0 Å². The molecule has 2 atom stereocenters. The van der Waals surface area contributed by atoms with Crippen LogP contribution in [0, 0.1) is 0 Å². The lowest BCUT2D eigenvalue weighted by Gasteiger charge is -2.22. The molecule has 6 nitrogen and oxygen atoms in total. The number of esters is 1. The van der Waals surface area contributed by atoms with E-state index >= 15 is 0 Å². The fourth-order valence-electron chi connectivity index (χ4n) is 9.23. The molecule has 0 rings (SSSR count). The average molecular weight is 893 g/mol. The van der Waals surface area contributed by atoms with Crippen molar-refractivity contribution < 1.29 is 24.5 Å². The quantitative estimate of drug-likeness (QED) is 0.0418. The van der Waals surface area contributed by atoms with Crippen molar-refractivity contribution in [3.8, 4) is 0 Å². The average Bonchev–Trinajstić information content (AvgIpc) is 3.28. The fraction of sp³-hybridized carbons (Fsp3) is 0.965. The Hall–Kier alpha value is -1.14. The van der Waals surface area contributed by atoms with Crippen molar-refractivity contribution >= 4 is 11.9 Å². The summed E-state index contributed by atoms with van der Waals surface area (Å²) in [7, 11) is 0. The van der Waals surface area contributed by atoms with E-state index in [2.05, 4.69) is 19.2 Å².